The van der Waals surface area contributed by atoms with Crippen LogP contribution in [0.15, 0.2) is 18.2 Å². The van der Waals surface area contributed by atoms with Crippen LogP contribution in [0.2, 0.25) is 0 Å². The summed E-state index contributed by atoms with van der Waals surface area (Å²) in [6, 6.07) is 5.57. The minimum Gasteiger partial charge on any atom is -0.330 e. The van der Waals surface area contributed by atoms with Crippen molar-refractivity contribution in [1.82, 2.24) is 0 Å². The normalized spacial score (nSPS) is 25.5. The van der Waals surface area contributed by atoms with Gasteiger partial charge < -0.3 is 5.73 Å². The molecule has 1 fully saturated rings. The number of hydrogen-bond acceptors (Lipinski definition) is 1. The molecule has 0 heterocycles. The summed E-state index contributed by atoms with van der Waals surface area (Å²) in [5, 5.41) is 0. The van der Waals surface area contributed by atoms with Crippen LogP contribution in [-0.4, -0.2) is 6.54 Å². The first-order valence-corrected chi connectivity index (χ1v) is 6.26. The highest BCUT2D eigenvalue weighted by Crippen LogP contribution is 2.58. The van der Waals surface area contributed by atoms with Crippen LogP contribution in [0.25, 0.3) is 0 Å². The lowest BCUT2D eigenvalue weighted by molar-refractivity contribution is 0.434. The van der Waals surface area contributed by atoms with Crippen molar-refractivity contribution >= 4 is 0 Å². The number of nitrogens with two attached hydrogens (primary N) is 1. The van der Waals surface area contributed by atoms with Crippen LogP contribution in [0, 0.1) is 5.82 Å². The molecule has 2 N–H and O–H groups in total. The van der Waals surface area contributed by atoms with Gasteiger partial charge in [-0.15, -0.1) is 0 Å². The topological polar surface area (TPSA) is 26.0 Å². The molecule has 2 heteroatoms. The van der Waals surface area contributed by atoms with E-state index in [1.807, 2.05) is 6.07 Å². The van der Waals surface area contributed by atoms with Gasteiger partial charge in [0, 0.05) is 0 Å². The molecule has 1 saturated carbocycles. The Balaban J connectivity index is 2.07. The van der Waals surface area contributed by atoms with Crippen molar-refractivity contribution in [2.24, 2.45) is 5.73 Å². The fraction of sp³-hybridized carbons (Fsp3) is 0.571. The van der Waals surface area contributed by atoms with Crippen molar-refractivity contribution < 1.29 is 4.39 Å². The molecule has 86 valence electrons. The highest BCUT2D eigenvalue weighted by atomic mass is 19.1. The van der Waals surface area contributed by atoms with Gasteiger partial charge in [0.2, 0.25) is 0 Å². The SMILES string of the molecule is NCCC1CCC2(CC2)c2c(F)cccc21. The molecule has 0 radical (unpaired) electrons. The summed E-state index contributed by atoms with van der Waals surface area (Å²) in [6.45, 7) is 0.702. The number of halogens is 1. The Kier molecular flexibility index (Phi) is 2.28. The van der Waals surface area contributed by atoms with Crippen molar-refractivity contribution in [3.63, 3.8) is 0 Å². The Morgan fingerprint density at radius 3 is 2.81 bits per heavy atom. The molecular formula is C14H18FN. The summed E-state index contributed by atoms with van der Waals surface area (Å²) in [4.78, 5) is 0. The summed E-state index contributed by atoms with van der Waals surface area (Å²) >= 11 is 0. The molecule has 1 unspecified atom stereocenters. The maximum absolute atomic E-state index is 14.0. The van der Waals surface area contributed by atoms with Crippen molar-refractivity contribution in [1.29, 1.82) is 0 Å². The average Bonchev–Trinajstić information content (AvgIpc) is 3.04. The summed E-state index contributed by atoms with van der Waals surface area (Å²) in [5.41, 5.74) is 8.13. The van der Waals surface area contributed by atoms with Gasteiger partial charge in [0.25, 0.3) is 0 Å². The molecule has 3 rings (SSSR count). The van der Waals surface area contributed by atoms with Gasteiger partial charge in [-0.05, 0) is 67.2 Å². The van der Waals surface area contributed by atoms with Crippen LogP contribution in [0.4, 0.5) is 4.39 Å². The molecule has 0 bridgehead atoms. The van der Waals surface area contributed by atoms with Crippen LogP contribution in [0.5, 0.6) is 0 Å². The average molecular weight is 219 g/mol. The molecule has 0 aromatic heterocycles. The van der Waals surface area contributed by atoms with Crippen molar-refractivity contribution in [3.05, 3.63) is 35.1 Å². The van der Waals surface area contributed by atoms with E-state index in [9.17, 15) is 4.39 Å². The minimum absolute atomic E-state index is 0.0109. The maximum atomic E-state index is 14.0. The fourth-order valence-corrected chi connectivity index (χ4v) is 3.32. The zero-order valence-electron chi connectivity index (χ0n) is 9.51. The van der Waals surface area contributed by atoms with Crippen molar-refractivity contribution in [2.45, 2.75) is 43.4 Å². The highest BCUT2D eigenvalue weighted by Gasteiger charge is 2.49. The lowest BCUT2D eigenvalue weighted by Gasteiger charge is -2.32. The highest BCUT2D eigenvalue weighted by molar-refractivity contribution is 5.44. The third-order valence-corrected chi connectivity index (χ3v) is 4.36. The zero-order valence-corrected chi connectivity index (χ0v) is 9.51. The summed E-state index contributed by atoms with van der Waals surface area (Å²) in [7, 11) is 0. The molecule has 16 heavy (non-hydrogen) atoms. The smallest absolute Gasteiger partial charge is 0.127 e. The fourth-order valence-electron chi connectivity index (χ4n) is 3.32. The van der Waals surface area contributed by atoms with Gasteiger partial charge in [-0.3, -0.25) is 0 Å². The second-order valence-corrected chi connectivity index (χ2v) is 5.30. The first-order chi connectivity index (χ1) is 7.77. The summed E-state index contributed by atoms with van der Waals surface area (Å²) < 4.78 is 14.0. The zero-order chi connectivity index (χ0) is 11.2. The second-order valence-electron chi connectivity index (χ2n) is 5.30. The van der Waals surface area contributed by atoms with E-state index in [1.54, 1.807) is 6.07 Å². The molecule has 2 aliphatic carbocycles. The van der Waals surface area contributed by atoms with Crippen LogP contribution >= 0.6 is 0 Å². The Hall–Kier alpha value is -0.890. The third kappa shape index (κ3) is 1.40. The molecule has 1 atom stereocenters. The van der Waals surface area contributed by atoms with Gasteiger partial charge in [-0.2, -0.15) is 0 Å². The first kappa shape index (κ1) is 10.3. The molecular weight excluding hydrogens is 201 g/mol. The largest absolute Gasteiger partial charge is 0.330 e. The monoisotopic (exact) mass is 219 g/mol. The molecule has 0 aliphatic heterocycles. The molecule has 1 aromatic carbocycles. The molecule has 0 amide bonds. The minimum atomic E-state index is 0.0109. The molecule has 2 aliphatic rings. The summed E-state index contributed by atoms with van der Waals surface area (Å²) in [5.74, 6) is 0.499. The van der Waals surface area contributed by atoms with Crippen LogP contribution in [0.3, 0.4) is 0 Å². The van der Waals surface area contributed by atoms with Gasteiger partial charge in [-0.1, -0.05) is 12.1 Å². The molecule has 1 nitrogen and oxygen atoms in total. The standard InChI is InChI=1S/C14H18FN/c15-12-3-1-2-11-10(5-9-16)4-6-14(7-8-14)13(11)12/h1-3,10H,4-9,16H2. The van der Waals surface area contributed by atoms with E-state index in [0.29, 0.717) is 12.5 Å². The number of benzene rings is 1. The Labute approximate surface area is 95.8 Å². The lowest BCUT2D eigenvalue weighted by Crippen LogP contribution is -2.23. The third-order valence-electron chi connectivity index (χ3n) is 4.36. The quantitative estimate of drug-likeness (QED) is 0.812. The number of hydrogen-bond donors (Lipinski definition) is 1. The van der Waals surface area contributed by atoms with E-state index in [1.165, 1.54) is 24.8 Å². The van der Waals surface area contributed by atoms with Gasteiger partial charge in [0.1, 0.15) is 5.82 Å². The molecule has 1 spiro atoms. The predicted molar refractivity (Wildman–Crippen MR) is 63.0 cm³/mol. The van der Waals surface area contributed by atoms with Gasteiger partial charge >= 0.3 is 0 Å². The van der Waals surface area contributed by atoms with Crippen molar-refractivity contribution in [2.75, 3.05) is 6.54 Å². The van der Waals surface area contributed by atoms with Gasteiger partial charge in [0.05, 0.1) is 0 Å². The van der Waals surface area contributed by atoms with Crippen LogP contribution in [0.1, 0.15) is 49.1 Å². The van der Waals surface area contributed by atoms with E-state index in [4.69, 9.17) is 5.73 Å². The summed E-state index contributed by atoms with van der Waals surface area (Å²) in [6.07, 6.45) is 5.69. The Morgan fingerprint density at radius 1 is 1.31 bits per heavy atom. The van der Waals surface area contributed by atoms with E-state index >= 15 is 0 Å². The van der Waals surface area contributed by atoms with E-state index < -0.39 is 0 Å². The van der Waals surface area contributed by atoms with Crippen molar-refractivity contribution in [3.8, 4) is 0 Å². The molecule has 0 saturated heterocycles. The van der Waals surface area contributed by atoms with Crippen LogP contribution in [-0.2, 0) is 5.41 Å². The van der Waals surface area contributed by atoms with Gasteiger partial charge in [-0.25, -0.2) is 4.39 Å². The van der Waals surface area contributed by atoms with E-state index in [0.717, 1.165) is 18.4 Å². The van der Waals surface area contributed by atoms with E-state index in [-0.39, 0.29) is 11.2 Å². The van der Waals surface area contributed by atoms with E-state index in [2.05, 4.69) is 6.07 Å². The Morgan fingerprint density at radius 2 is 2.12 bits per heavy atom. The second kappa shape index (κ2) is 3.56. The predicted octanol–water partition coefficient (Wildman–Crippen LogP) is 3.08. The number of fused-ring (bicyclic) bond motifs is 2. The molecule has 1 aromatic rings. The Bertz CT molecular complexity index is 409. The first-order valence-electron chi connectivity index (χ1n) is 6.26. The number of rotatable bonds is 2. The van der Waals surface area contributed by atoms with Crippen LogP contribution < -0.4 is 5.73 Å². The lowest BCUT2D eigenvalue weighted by atomic mass is 9.73. The van der Waals surface area contributed by atoms with Gasteiger partial charge in [0.15, 0.2) is 0 Å². The maximum Gasteiger partial charge on any atom is 0.127 e.